The molecule has 4 nitrogen and oxygen atoms in total. The third-order valence-electron chi connectivity index (χ3n) is 3.64. The van der Waals surface area contributed by atoms with Gasteiger partial charge in [-0.3, -0.25) is 9.59 Å². The Morgan fingerprint density at radius 1 is 1.36 bits per heavy atom. The van der Waals surface area contributed by atoms with Crippen LogP contribution in [0.1, 0.15) is 31.9 Å². The Morgan fingerprint density at radius 3 is 2.55 bits per heavy atom. The van der Waals surface area contributed by atoms with Gasteiger partial charge in [0.1, 0.15) is 0 Å². The molecule has 22 heavy (non-hydrogen) atoms. The van der Waals surface area contributed by atoms with Crippen molar-refractivity contribution in [2.45, 2.75) is 26.3 Å². The maximum Gasteiger partial charge on any atom is 0.290 e. The van der Waals surface area contributed by atoms with E-state index < -0.39 is 17.7 Å². The Kier molecular flexibility index (Phi) is 4.81. The molecular formula is C18H21NO3. The Morgan fingerprint density at radius 2 is 2.00 bits per heavy atom. The average Bonchev–Trinajstić information content (AvgIpc) is 2.73. The van der Waals surface area contributed by atoms with Crippen LogP contribution in [0.25, 0.3) is 0 Å². The summed E-state index contributed by atoms with van der Waals surface area (Å²) in [5.74, 6) is -0.962. The lowest BCUT2D eigenvalue weighted by Crippen LogP contribution is -2.31. The zero-order valence-corrected chi connectivity index (χ0v) is 13.0. The lowest BCUT2D eigenvalue weighted by molar-refractivity contribution is -0.128. The first-order valence-electron chi connectivity index (χ1n) is 7.40. The lowest BCUT2D eigenvalue weighted by Gasteiger charge is -2.25. The van der Waals surface area contributed by atoms with Gasteiger partial charge >= 0.3 is 0 Å². The summed E-state index contributed by atoms with van der Waals surface area (Å²) < 4.78 is 0. The molecule has 1 aromatic carbocycles. The van der Waals surface area contributed by atoms with Crippen LogP contribution >= 0.6 is 0 Å². The summed E-state index contributed by atoms with van der Waals surface area (Å²) in [5.41, 5.74) is 1.01. The number of aliphatic hydroxyl groups is 1. The number of carbonyl (C=O) groups is 2. The van der Waals surface area contributed by atoms with Crippen molar-refractivity contribution in [1.29, 1.82) is 0 Å². The van der Waals surface area contributed by atoms with Gasteiger partial charge in [0.25, 0.3) is 5.91 Å². The molecule has 116 valence electrons. The number of carbonyl (C=O) groups excluding carboxylic acids is 2. The molecule has 1 heterocycles. The Bertz CT molecular complexity index is 616. The van der Waals surface area contributed by atoms with Gasteiger partial charge in [-0.2, -0.15) is 0 Å². The van der Waals surface area contributed by atoms with Gasteiger partial charge in [0.2, 0.25) is 0 Å². The Balaban J connectivity index is 2.48. The zero-order chi connectivity index (χ0) is 16.3. The summed E-state index contributed by atoms with van der Waals surface area (Å²) in [6.45, 7) is 7.80. The van der Waals surface area contributed by atoms with Gasteiger partial charge in [-0.05, 0) is 11.5 Å². The molecule has 0 saturated heterocycles. The number of aliphatic hydroxyl groups excluding tert-OH is 1. The SMILES string of the molecule is C=CCN1C(=O)C(O)=C(C(=O)CC(C)C)C1c1ccccc1. The highest BCUT2D eigenvalue weighted by Crippen LogP contribution is 2.38. The van der Waals surface area contributed by atoms with Gasteiger partial charge in [-0.25, -0.2) is 0 Å². The van der Waals surface area contributed by atoms with E-state index in [4.69, 9.17) is 0 Å². The second kappa shape index (κ2) is 6.60. The van der Waals surface area contributed by atoms with Gasteiger partial charge in [0, 0.05) is 13.0 Å². The highest BCUT2D eigenvalue weighted by molar-refractivity contribution is 6.09. The molecule has 1 amide bonds. The van der Waals surface area contributed by atoms with Crippen LogP contribution < -0.4 is 0 Å². The van der Waals surface area contributed by atoms with Crippen molar-refractivity contribution in [1.82, 2.24) is 4.90 Å². The quantitative estimate of drug-likeness (QED) is 0.821. The smallest absolute Gasteiger partial charge is 0.290 e. The summed E-state index contributed by atoms with van der Waals surface area (Å²) in [4.78, 5) is 26.3. The van der Waals surface area contributed by atoms with Crippen LogP contribution in [0.4, 0.5) is 0 Å². The third kappa shape index (κ3) is 2.96. The summed E-state index contributed by atoms with van der Waals surface area (Å²) in [7, 11) is 0. The minimum absolute atomic E-state index is 0.160. The van der Waals surface area contributed by atoms with E-state index in [1.165, 1.54) is 4.90 Å². The second-order valence-corrected chi connectivity index (χ2v) is 5.84. The number of hydrogen-bond donors (Lipinski definition) is 1. The Labute approximate surface area is 130 Å². The zero-order valence-electron chi connectivity index (χ0n) is 13.0. The van der Waals surface area contributed by atoms with Crippen molar-refractivity contribution in [2.24, 2.45) is 5.92 Å². The molecule has 0 aliphatic carbocycles. The van der Waals surface area contributed by atoms with E-state index in [-0.39, 0.29) is 23.8 Å². The second-order valence-electron chi connectivity index (χ2n) is 5.84. The number of Topliss-reactive ketones (excluding diaryl/α,β-unsaturated/α-hetero) is 1. The van der Waals surface area contributed by atoms with Crippen molar-refractivity contribution in [2.75, 3.05) is 6.54 Å². The molecule has 0 radical (unpaired) electrons. The number of rotatable bonds is 6. The monoisotopic (exact) mass is 299 g/mol. The molecule has 1 N–H and O–H groups in total. The molecule has 2 rings (SSSR count). The van der Waals surface area contributed by atoms with Gasteiger partial charge in [0.15, 0.2) is 11.5 Å². The van der Waals surface area contributed by atoms with E-state index >= 15 is 0 Å². The predicted molar refractivity (Wildman–Crippen MR) is 85.2 cm³/mol. The Hall–Kier alpha value is -2.36. The molecule has 4 heteroatoms. The molecule has 0 bridgehead atoms. The van der Waals surface area contributed by atoms with Crippen LogP contribution in [-0.4, -0.2) is 28.2 Å². The fourth-order valence-electron chi connectivity index (χ4n) is 2.73. The molecule has 0 spiro atoms. The standard InChI is InChI=1S/C18H21NO3/c1-4-10-19-16(13-8-6-5-7-9-13)15(17(21)18(19)22)14(20)11-12(2)3/h4-9,12,16,21H,1,10-11H2,2-3H3. The van der Waals surface area contributed by atoms with E-state index in [2.05, 4.69) is 6.58 Å². The highest BCUT2D eigenvalue weighted by Gasteiger charge is 2.42. The van der Waals surface area contributed by atoms with Gasteiger partial charge in [-0.15, -0.1) is 6.58 Å². The lowest BCUT2D eigenvalue weighted by atomic mass is 9.92. The number of benzene rings is 1. The van der Waals surface area contributed by atoms with Gasteiger partial charge in [0.05, 0.1) is 11.6 Å². The number of amides is 1. The van der Waals surface area contributed by atoms with Crippen LogP contribution in [0.15, 0.2) is 54.3 Å². The van der Waals surface area contributed by atoms with Crippen LogP contribution in [0.5, 0.6) is 0 Å². The van der Waals surface area contributed by atoms with Crippen molar-refractivity contribution < 1.29 is 14.7 Å². The molecule has 1 aliphatic heterocycles. The van der Waals surface area contributed by atoms with E-state index in [1.54, 1.807) is 6.08 Å². The number of hydrogen-bond acceptors (Lipinski definition) is 3. The number of ketones is 1. The maximum absolute atomic E-state index is 12.5. The maximum atomic E-state index is 12.5. The van der Waals surface area contributed by atoms with Crippen LogP contribution in [0.3, 0.4) is 0 Å². The molecular weight excluding hydrogens is 278 g/mol. The summed E-state index contributed by atoms with van der Waals surface area (Å²) in [6.07, 6.45) is 1.90. The van der Waals surface area contributed by atoms with Gasteiger partial charge in [-0.1, -0.05) is 50.3 Å². The van der Waals surface area contributed by atoms with E-state index in [0.717, 1.165) is 5.56 Å². The fraction of sp³-hybridized carbons (Fsp3) is 0.333. The predicted octanol–water partition coefficient (Wildman–Crippen LogP) is 3.18. The summed E-state index contributed by atoms with van der Waals surface area (Å²) in [5, 5.41) is 10.2. The minimum Gasteiger partial charge on any atom is -0.503 e. The summed E-state index contributed by atoms with van der Waals surface area (Å²) in [6, 6.07) is 8.75. The highest BCUT2D eigenvalue weighted by atomic mass is 16.3. The van der Waals surface area contributed by atoms with E-state index in [9.17, 15) is 14.7 Å². The molecule has 1 aliphatic rings. The molecule has 1 atom stereocenters. The molecule has 1 aromatic rings. The van der Waals surface area contributed by atoms with E-state index in [1.807, 2.05) is 44.2 Å². The normalized spacial score (nSPS) is 18.2. The van der Waals surface area contributed by atoms with Crippen molar-refractivity contribution in [3.8, 4) is 0 Å². The average molecular weight is 299 g/mol. The fourth-order valence-corrected chi connectivity index (χ4v) is 2.73. The summed E-state index contributed by atoms with van der Waals surface area (Å²) >= 11 is 0. The first-order chi connectivity index (χ1) is 10.5. The van der Waals surface area contributed by atoms with Crippen molar-refractivity contribution >= 4 is 11.7 Å². The van der Waals surface area contributed by atoms with Crippen LogP contribution in [-0.2, 0) is 9.59 Å². The van der Waals surface area contributed by atoms with Crippen LogP contribution in [0.2, 0.25) is 0 Å². The first-order valence-corrected chi connectivity index (χ1v) is 7.40. The number of nitrogens with zero attached hydrogens (tertiary/aromatic N) is 1. The minimum atomic E-state index is -0.544. The third-order valence-corrected chi connectivity index (χ3v) is 3.64. The largest absolute Gasteiger partial charge is 0.503 e. The van der Waals surface area contributed by atoms with Crippen molar-refractivity contribution in [3.63, 3.8) is 0 Å². The van der Waals surface area contributed by atoms with E-state index in [0.29, 0.717) is 6.42 Å². The molecule has 0 aromatic heterocycles. The van der Waals surface area contributed by atoms with Gasteiger partial charge < -0.3 is 10.0 Å². The molecule has 0 fully saturated rings. The van der Waals surface area contributed by atoms with Crippen molar-refractivity contribution in [3.05, 3.63) is 59.9 Å². The topological polar surface area (TPSA) is 57.6 Å². The van der Waals surface area contributed by atoms with Crippen LogP contribution in [0, 0.1) is 5.92 Å². The first kappa shape index (κ1) is 16.0. The molecule has 0 saturated carbocycles. The molecule has 1 unspecified atom stereocenters.